The van der Waals surface area contributed by atoms with Crippen molar-refractivity contribution in [2.24, 2.45) is 11.8 Å². The van der Waals surface area contributed by atoms with E-state index in [1.807, 2.05) is 0 Å². The molecule has 0 amide bonds. The van der Waals surface area contributed by atoms with Crippen molar-refractivity contribution in [2.75, 3.05) is 0 Å². The molecule has 1 aliphatic carbocycles. The first-order valence-corrected chi connectivity index (χ1v) is 6.74. The van der Waals surface area contributed by atoms with Gasteiger partial charge in [0.2, 0.25) is 0 Å². The van der Waals surface area contributed by atoms with E-state index in [2.05, 4.69) is 19.2 Å². The molecule has 0 bridgehead atoms. The molecule has 2 unspecified atom stereocenters. The van der Waals surface area contributed by atoms with Crippen LogP contribution in [0.25, 0.3) is 0 Å². The number of benzene rings is 1. The first kappa shape index (κ1) is 13.3. The summed E-state index contributed by atoms with van der Waals surface area (Å²) in [6, 6.07) is 4.73. The molecule has 0 heterocycles. The van der Waals surface area contributed by atoms with Crippen molar-refractivity contribution in [1.82, 2.24) is 5.32 Å². The molecule has 100 valence electrons. The van der Waals surface area contributed by atoms with Crippen molar-refractivity contribution >= 4 is 0 Å². The summed E-state index contributed by atoms with van der Waals surface area (Å²) < 4.78 is 13.1. The molecular weight excluding hydrogens is 229 g/mol. The average molecular weight is 251 g/mol. The maximum atomic E-state index is 13.1. The van der Waals surface area contributed by atoms with Gasteiger partial charge < -0.3 is 10.4 Å². The van der Waals surface area contributed by atoms with Crippen molar-refractivity contribution in [1.29, 1.82) is 0 Å². The van der Waals surface area contributed by atoms with E-state index >= 15 is 0 Å². The molecule has 0 radical (unpaired) electrons. The fourth-order valence-electron chi connectivity index (χ4n) is 3.11. The van der Waals surface area contributed by atoms with Gasteiger partial charge in [-0.15, -0.1) is 0 Å². The number of nitrogens with one attached hydrogen (secondary N) is 1. The molecule has 2 N–H and O–H groups in total. The van der Waals surface area contributed by atoms with Crippen LogP contribution in [-0.2, 0) is 6.54 Å². The summed E-state index contributed by atoms with van der Waals surface area (Å²) in [7, 11) is 0. The molecule has 0 saturated heterocycles. The van der Waals surface area contributed by atoms with Crippen LogP contribution in [0.1, 0.15) is 38.7 Å². The zero-order valence-corrected chi connectivity index (χ0v) is 11.1. The van der Waals surface area contributed by atoms with Gasteiger partial charge >= 0.3 is 0 Å². The Bertz CT molecular complexity index is 377. The van der Waals surface area contributed by atoms with Crippen molar-refractivity contribution in [2.45, 2.75) is 45.7 Å². The van der Waals surface area contributed by atoms with Gasteiger partial charge in [0, 0.05) is 18.7 Å². The van der Waals surface area contributed by atoms with Crippen LogP contribution < -0.4 is 5.32 Å². The van der Waals surface area contributed by atoms with Crippen molar-refractivity contribution < 1.29 is 9.50 Å². The maximum Gasteiger partial charge on any atom is 0.127 e. The largest absolute Gasteiger partial charge is 0.508 e. The molecule has 18 heavy (non-hydrogen) atoms. The normalized spacial score (nSPS) is 28.3. The molecule has 1 aliphatic rings. The Kier molecular flexibility index (Phi) is 4.23. The fraction of sp³-hybridized carbons (Fsp3) is 0.600. The molecule has 1 aromatic carbocycles. The van der Waals surface area contributed by atoms with Crippen LogP contribution in [0, 0.1) is 17.7 Å². The Balaban J connectivity index is 1.90. The molecule has 2 nitrogen and oxygen atoms in total. The van der Waals surface area contributed by atoms with E-state index < -0.39 is 0 Å². The molecular formula is C15H22FNO. The third kappa shape index (κ3) is 3.70. The summed E-state index contributed by atoms with van der Waals surface area (Å²) in [5.41, 5.74) is 0.804. The average Bonchev–Trinajstić information content (AvgIpc) is 2.23. The first-order chi connectivity index (χ1) is 8.52. The van der Waals surface area contributed by atoms with Gasteiger partial charge in [-0.1, -0.05) is 13.8 Å². The van der Waals surface area contributed by atoms with Gasteiger partial charge in [0.05, 0.1) is 0 Å². The predicted molar refractivity (Wildman–Crippen MR) is 70.9 cm³/mol. The molecule has 1 fully saturated rings. The summed E-state index contributed by atoms with van der Waals surface area (Å²) in [5.74, 6) is 1.13. The van der Waals surface area contributed by atoms with E-state index in [-0.39, 0.29) is 11.6 Å². The third-order valence-corrected chi connectivity index (χ3v) is 3.72. The van der Waals surface area contributed by atoms with E-state index in [1.165, 1.54) is 25.3 Å². The standard InChI is InChI=1S/C15H22FNO/c1-10-3-11(2)5-14(4-10)17-9-12-6-13(16)8-15(18)7-12/h6-8,10-11,14,17-18H,3-5,9H2,1-2H3. The molecule has 3 heteroatoms. The van der Waals surface area contributed by atoms with Gasteiger partial charge in [-0.05, 0) is 48.8 Å². The first-order valence-electron chi connectivity index (χ1n) is 6.74. The van der Waals surface area contributed by atoms with Crippen molar-refractivity contribution in [3.8, 4) is 5.75 Å². The minimum Gasteiger partial charge on any atom is -0.508 e. The highest BCUT2D eigenvalue weighted by molar-refractivity contribution is 5.28. The Labute approximate surface area is 108 Å². The summed E-state index contributed by atoms with van der Waals surface area (Å²) in [5, 5.41) is 12.8. The van der Waals surface area contributed by atoms with Crippen molar-refractivity contribution in [3.63, 3.8) is 0 Å². The fourth-order valence-corrected chi connectivity index (χ4v) is 3.11. The second kappa shape index (κ2) is 5.70. The topological polar surface area (TPSA) is 32.3 Å². The lowest BCUT2D eigenvalue weighted by Crippen LogP contribution is -2.35. The number of phenols is 1. The van der Waals surface area contributed by atoms with E-state index in [4.69, 9.17) is 0 Å². The Morgan fingerprint density at radius 2 is 1.83 bits per heavy atom. The zero-order chi connectivity index (χ0) is 13.1. The van der Waals surface area contributed by atoms with Crippen LogP contribution in [0.4, 0.5) is 4.39 Å². The molecule has 0 aliphatic heterocycles. The highest BCUT2D eigenvalue weighted by atomic mass is 19.1. The molecule has 0 spiro atoms. The van der Waals surface area contributed by atoms with Crippen LogP contribution in [0.2, 0.25) is 0 Å². The van der Waals surface area contributed by atoms with Gasteiger partial charge in [-0.3, -0.25) is 0 Å². The smallest absolute Gasteiger partial charge is 0.127 e. The van der Waals surface area contributed by atoms with Gasteiger partial charge in [0.25, 0.3) is 0 Å². The molecule has 2 atom stereocenters. The second-order valence-electron chi connectivity index (χ2n) is 5.81. The lowest BCUT2D eigenvalue weighted by molar-refractivity contribution is 0.238. The Morgan fingerprint density at radius 1 is 1.17 bits per heavy atom. The molecule has 2 rings (SSSR count). The third-order valence-electron chi connectivity index (χ3n) is 3.72. The van der Waals surface area contributed by atoms with E-state index in [9.17, 15) is 9.50 Å². The van der Waals surface area contributed by atoms with Crippen LogP contribution >= 0.6 is 0 Å². The minimum atomic E-state index is -0.378. The number of aromatic hydroxyl groups is 1. The van der Waals surface area contributed by atoms with Gasteiger partial charge in [-0.25, -0.2) is 4.39 Å². The molecule has 0 aromatic heterocycles. The maximum absolute atomic E-state index is 13.1. The predicted octanol–water partition coefficient (Wildman–Crippen LogP) is 3.45. The van der Waals surface area contributed by atoms with E-state index in [0.29, 0.717) is 12.6 Å². The number of hydrogen-bond donors (Lipinski definition) is 2. The SMILES string of the molecule is CC1CC(C)CC(NCc2cc(O)cc(F)c2)C1. The number of phenolic OH excluding ortho intramolecular Hbond substituents is 1. The Morgan fingerprint density at radius 3 is 2.44 bits per heavy atom. The van der Waals surface area contributed by atoms with Gasteiger partial charge in [-0.2, -0.15) is 0 Å². The van der Waals surface area contributed by atoms with Crippen LogP contribution in [0.3, 0.4) is 0 Å². The highest BCUT2D eigenvalue weighted by Crippen LogP contribution is 2.28. The molecule has 1 aromatic rings. The van der Waals surface area contributed by atoms with E-state index in [1.54, 1.807) is 6.07 Å². The lowest BCUT2D eigenvalue weighted by atomic mass is 9.80. The Hall–Kier alpha value is -1.09. The summed E-state index contributed by atoms with van der Waals surface area (Å²) >= 11 is 0. The van der Waals surface area contributed by atoms with E-state index in [0.717, 1.165) is 23.5 Å². The zero-order valence-electron chi connectivity index (χ0n) is 11.1. The molecule has 1 saturated carbocycles. The minimum absolute atomic E-state index is 0.00261. The van der Waals surface area contributed by atoms with Crippen LogP contribution in [0.5, 0.6) is 5.75 Å². The number of hydrogen-bond acceptors (Lipinski definition) is 2. The van der Waals surface area contributed by atoms with Crippen LogP contribution in [0.15, 0.2) is 18.2 Å². The lowest BCUT2D eigenvalue weighted by Gasteiger charge is -2.32. The monoisotopic (exact) mass is 251 g/mol. The van der Waals surface area contributed by atoms with Gasteiger partial charge in [0.15, 0.2) is 0 Å². The quantitative estimate of drug-likeness (QED) is 0.862. The summed E-state index contributed by atoms with van der Waals surface area (Å²) in [6.45, 7) is 5.20. The van der Waals surface area contributed by atoms with Crippen LogP contribution in [-0.4, -0.2) is 11.1 Å². The number of rotatable bonds is 3. The van der Waals surface area contributed by atoms with Crippen molar-refractivity contribution in [3.05, 3.63) is 29.6 Å². The number of halogens is 1. The summed E-state index contributed by atoms with van der Waals surface area (Å²) in [6.07, 6.45) is 3.68. The highest BCUT2D eigenvalue weighted by Gasteiger charge is 2.23. The van der Waals surface area contributed by atoms with Gasteiger partial charge in [0.1, 0.15) is 11.6 Å². The second-order valence-corrected chi connectivity index (χ2v) is 5.81. The summed E-state index contributed by atoms with van der Waals surface area (Å²) in [4.78, 5) is 0.